The fourth-order valence-electron chi connectivity index (χ4n) is 3.32. The Morgan fingerprint density at radius 3 is 2.47 bits per heavy atom. The maximum absolute atomic E-state index is 12.7. The van der Waals surface area contributed by atoms with Crippen molar-refractivity contribution >= 4 is 27.5 Å². The molecule has 0 aliphatic rings. The average Bonchev–Trinajstić information content (AvgIpc) is 3.11. The van der Waals surface area contributed by atoms with Crippen LogP contribution in [-0.4, -0.2) is 26.6 Å². The molecule has 0 saturated carbocycles. The third-order valence-electron chi connectivity index (χ3n) is 4.99. The van der Waals surface area contributed by atoms with Gasteiger partial charge >= 0.3 is 6.18 Å². The van der Waals surface area contributed by atoms with Crippen molar-refractivity contribution in [1.82, 2.24) is 19.5 Å². The Balaban J connectivity index is 1.58. The third-order valence-corrected chi connectivity index (χ3v) is 5.76. The predicted molar refractivity (Wildman–Crippen MR) is 125 cm³/mol. The van der Waals surface area contributed by atoms with E-state index in [-0.39, 0.29) is 6.61 Å². The van der Waals surface area contributed by atoms with Gasteiger partial charge in [-0.2, -0.15) is 13.2 Å². The number of aromatic nitrogens is 4. The molecular weight excluding hydrogens is 537 g/mol. The van der Waals surface area contributed by atoms with Crippen LogP contribution in [0, 0.1) is 0 Å². The number of benzene rings is 1. The fourth-order valence-corrected chi connectivity index (χ4v) is 4.08. The first kappa shape index (κ1) is 24.0. The molecule has 0 N–H and O–H groups in total. The molecule has 0 atom stereocenters. The van der Waals surface area contributed by atoms with Crippen LogP contribution in [0.15, 0.2) is 59.5 Å². The van der Waals surface area contributed by atoms with Gasteiger partial charge in [-0.3, -0.25) is 4.98 Å². The van der Waals surface area contributed by atoms with E-state index in [1.807, 2.05) is 23.7 Å². The molecule has 0 spiro atoms. The molecule has 4 rings (SSSR count). The molecule has 0 aliphatic carbocycles. The molecule has 4 aromatic rings. The Morgan fingerprint density at radius 1 is 1.06 bits per heavy atom. The summed E-state index contributed by atoms with van der Waals surface area (Å²) in [5.41, 5.74) is 1.90. The van der Waals surface area contributed by atoms with Crippen LogP contribution >= 0.6 is 27.5 Å². The highest BCUT2D eigenvalue weighted by molar-refractivity contribution is 9.10. The molecule has 0 unspecified atom stereocenters. The number of imidazole rings is 1. The lowest BCUT2D eigenvalue weighted by Gasteiger charge is -2.13. The summed E-state index contributed by atoms with van der Waals surface area (Å²) in [6.07, 6.45) is -1.69. The van der Waals surface area contributed by atoms with Gasteiger partial charge in [0.15, 0.2) is 0 Å². The maximum atomic E-state index is 12.7. The van der Waals surface area contributed by atoms with Gasteiger partial charge in [0, 0.05) is 42.2 Å². The van der Waals surface area contributed by atoms with Crippen LogP contribution in [-0.2, 0) is 19.8 Å². The van der Waals surface area contributed by atoms with Crippen molar-refractivity contribution in [2.75, 3.05) is 7.11 Å². The number of halogens is 5. The lowest BCUT2D eigenvalue weighted by Crippen LogP contribution is -2.08. The van der Waals surface area contributed by atoms with Crippen LogP contribution in [0.2, 0.25) is 5.15 Å². The van der Waals surface area contributed by atoms with E-state index in [0.717, 1.165) is 29.1 Å². The van der Waals surface area contributed by atoms with Gasteiger partial charge < -0.3 is 14.0 Å². The largest absolute Gasteiger partial charge is 0.496 e. The molecule has 0 fully saturated rings. The van der Waals surface area contributed by atoms with Gasteiger partial charge in [-0.1, -0.05) is 17.7 Å². The summed E-state index contributed by atoms with van der Waals surface area (Å²) < 4.78 is 51.9. The van der Waals surface area contributed by atoms with Gasteiger partial charge in [0.05, 0.1) is 12.8 Å². The van der Waals surface area contributed by atoms with E-state index in [9.17, 15) is 13.2 Å². The first-order valence-corrected chi connectivity index (χ1v) is 11.0. The molecule has 6 nitrogen and oxygen atoms in total. The summed E-state index contributed by atoms with van der Waals surface area (Å²) in [6, 6.07) is 11.1. The summed E-state index contributed by atoms with van der Waals surface area (Å²) in [6.45, 7) is 0.0523. The molecule has 11 heteroatoms. The van der Waals surface area contributed by atoms with Crippen molar-refractivity contribution in [3.63, 3.8) is 0 Å². The standard InChI is InChI=1S/C23H17BrClF3N4O2/c1-32-20(21(24)31-22(32)14-4-8-19(25)30-11-14)16-6-5-15(9-17(16)33-2)34-12-13-3-7-18(29-10-13)23(26,27)28/h3-11H,12H2,1-2H3. The van der Waals surface area contributed by atoms with Gasteiger partial charge in [-0.15, -0.1) is 0 Å². The zero-order valence-electron chi connectivity index (χ0n) is 17.9. The van der Waals surface area contributed by atoms with Crippen molar-refractivity contribution in [1.29, 1.82) is 0 Å². The highest BCUT2D eigenvalue weighted by Crippen LogP contribution is 2.39. The molecule has 3 heterocycles. The number of rotatable bonds is 6. The van der Waals surface area contributed by atoms with E-state index in [4.69, 9.17) is 21.1 Å². The lowest BCUT2D eigenvalue weighted by atomic mass is 10.1. The van der Waals surface area contributed by atoms with Gasteiger partial charge in [0.2, 0.25) is 0 Å². The van der Waals surface area contributed by atoms with Gasteiger partial charge in [-0.25, -0.2) is 9.97 Å². The summed E-state index contributed by atoms with van der Waals surface area (Å²) >= 11 is 9.42. The lowest BCUT2D eigenvalue weighted by molar-refractivity contribution is -0.141. The van der Waals surface area contributed by atoms with Crippen LogP contribution < -0.4 is 9.47 Å². The summed E-state index contributed by atoms with van der Waals surface area (Å²) in [7, 11) is 3.41. The average molecular weight is 554 g/mol. The molecule has 0 aliphatic heterocycles. The van der Waals surface area contributed by atoms with Crippen LogP contribution in [0.25, 0.3) is 22.6 Å². The van der Waals surface area contributed by atoms with Crippen LogP contribution in [0.4, 0.5) is 13.2 Å². The fraction of sp³-hybridized carbons (Fsp3) is 0.174. The van der Waals surface area contributed by atoms with E-state index < -0.39 is 11.9 Å². The van der Waals surface area contributed by atoms with E-state index in [0.29, 0.717) is 32.6 Å². The summed E-state index contributed by atoms with van der Waals surface area (Å²) in [5, 5.41) is 0.390. The molecule has 0 saturated heterocycles. The number of pyridine rings is 2. The van der Waals surface area contributed by atoms with Crippen molar-refractivity contribution < 1.29 is 22.6 Å². The Kier molecular flexibility index (Phi) is 6.81. The summed E-state index contributed by atoms with van der Waals surface area (Å²) in [5.74, 6) is 1.71. The number of alkyl halides is 3. The molecule has 0 amide bonds. The quantitative estimate of drug-likeness (QED) is 0.253. The second kappa shape index (κ2) is 9.63. The SMILES string of the molecule is COc1cc(OCc2ccc(C(F)(F)F)nc2)ccc1-c1c(Br)nc(-c2ccc(Cl)nc2)n1C. The second-order valence-corrected chi connectivity index (χ2v) is 8.34. The van der Waals surface area contributed by atoms with Crippen molar-refractivity contribution in [2.24, 2.45) is 7.05 Å². The summed E-state index contributed by atoms with van der Waals surface area (Å²) in [4.78, 5) is 12.2. The van der Waals surface area contributed by atoms with Gasteiger partial charge in [-0.05, 0) is 46.3 Å². The predicted octanol–water partition coefficient (Wildman–Crippen LogP) is 6.57. The van der Waals surface area contributed by atoms with Crippen molar-refractivity contribution in [3.8, 4) is 34.1 Å². The normalized spacial score (nSPS) is 11.5. The zero-order chi connectivity index (χ0) is 24.5. The molecule has 0 bridgehead atoms. The topological polar surface area (TPSA) is 62.1 Å². The van der Waals surface area contributed by atoms with E-state index in [1.54, 1.807) is 24.4 Å². The smallest absolute Gasteiger partial charge is 0.433 e. The van der Waals surface area contributed by atoms with Crippen molar-refractivity contribution in [3.05, 3.63) is 75.9 Å². The zero-order valence-corrected chi connectivity index (χ0v) is 20.2. The van der Waals surface area contributed by atoms with E-state index in [2.05, 4.69) is 30.9 Å². The first-order valence-electron chi connectivity index (χ1n) is 9.85. The molecule has 0 radical (unpaired) electrons. The highest BCUT2D eigenvalue weighted by atomic mass is 79.9. The minimum atomic E-state index is -4.48. The Bertz CT molecular complexity index is 1310. The number of methoxy groups -OCH3 is 1. The Labute approximate surface area is 206 Å². The molecule has 176 valence electrons. The van der Waals surface area contributed by atoms with E-state index >= 15 is 0 Å². The van der Waals surface area contributed by atoms with Gasteiger partial charge in [0.1, 0.15) is 39.4 Å². The first-order chi connectivity index (χ1) is 16.2. The monoisotopic (exact) mass is 552 g/mol. The Hall–Kier alpha value is -3.11. The minimum absolute atomic E-state index is 0.0523. The highest BCUT2D eigenvalue weighted by Gasteiger charge is 2.32. The number of hydrogen-bond acceptors (Lipinski definition) is 5. The van der Waals surface area contributed by atoms with Crippen molar-refractivity contribution in [2.45, 2.75) is 12.8 Å². The molecular formula is C23H17BrClF3N4O2. The number of nitrogens with zero attached hydrogens (tertiary/aromatic N) is 4. The molecule has 3 aromatic heterocycles. The number of hydrogen-bond donors (Lipinski definition) is 0. The third kappa shape index (κ3) is 5.02. The maximum Gasteiger partial charge on any atom is 0.433 e. The molecule has 34 heavy (non-hydrogen) atoms. The minimum Gasteiger partial charge on any atom is -0.496 e. The van der Waals surface area contributed by atoms with Crippen LogP contribution in [0.3, 0.4) is 0 Å². The van der Waals surface area contributed by atoms with Crippen LogP contribution in [0.1, 0.15) is 11.3 Å². The molecule has 1 aromatic carbocycles. The Morgan fingerprint density at radius 2 is 1.85 bits per heavy atom. The van der Waals surface area contributed by atoms with E-state index in [1.165, 1.54) is 13.2 Å². The number of ether oxygens (including phenoxy) is 2. The van der Waals surface area contributed by atoms with Crippen LogP contribution in [0.5, 0.6) is 11.5 Å². The van der Waals surface area contributed by atoms with Gasteiger partial charge in [0.25, 0.3) is 0 Å². The second-order valence-electron chi connectivity index (χ2n) is 7.20.